The van der Waals surface area contributed by atoms with Gasteiger partial charge in [0.2, 0.25) is 5.78 Å². The number of aliphatic hydroxyl groups is 3. The minimum Gasteiger partial charge on any atom is -0.510 e. The monoisotopic (exact) mass is 523 g/mol. The van der Waals surface area contributed by atoms with Gasteiger partial charge in [0.25, 0.3) is 5.91 Å². The molecule has 0 heterocycles. The molecule has 0 spiro atoms. The molecule has 38 heavy (non-hydrogen) atoms. The molecule has 0 bridgehead atoms. The largest absolute Gasteiger partial charge is 0.510 e. The Labute approximate surface area is 221 Å². The average molecular weight is 524 g/mol. The van der Waals surface area contributed by atoms with Gasteiger partial charge in [-0.05, 0) is 50.9 Å². The molecule has 4 rings (SSSR count). The molecule has 0 saturated carbocycles. The van der Waals surface area contributed by atoms with Gasteiger partial charge in [0.15, 0.2) is 11.4 Å². The summed E-state index contributed by atoms with van der Waals surface area (Å²) in [6.07, 6.45) is 1.68. The summed E-state index contributed by atoms with van der Waals surface area (Å²) in [5, 5.41) is 45.1. The average Bonchev–Trinajstić information content (AvgIpc) is 2.82. The van der Waals surface area contributed by atoms with E-state index in [2.05, 4.69) is 11.8 Å². The van der Waals surface area contributed by atoms with Crippen LogP contribution in [0.1, 0.15) is 47.7 Å². The zero-order valence-electron chi connectivity index (χ0n) is 22.1. The van der Waals surface area contributed by atoms with Crippen LogP contribution in [-0.4, -0.2) is 82.6 Å². The topological polar surface area (TPSA) is 165 Å². The fourth-order valence-electron chi connectivity index (χ4n) is 6.08. The van der Waals surface area contributed by atoms with E-state index >= 15 is 0 Å². The number of allylic oxidation sites excluding steroid dienone is 1. The maximum atomic E-state index is 13.9. The third-order valence-electron chi connectivity index (χ3n) is 7.78. The van der Waals surface area contributed by atoms with Crippen LogP contribution in [-0.2, 0) is 16.0 Å². The van der Waals surface area contributed by atoms with Gasteiger partial charge in [-0.2, -0.15) is 0 Å². The van der Waals surface area contributed by atoms with E-state index in [1.807, 2.05) is 11.8 Å². The zero-order chi connectivity index (χ0) is 28.3. The van der Waals surface area contributed by atoms with Crippen molar-refractivity contribution in [2.24, 2.45) is 17.6 Å². The minimum absolute atomic E-state index is 0.0391. The lowest BCUT2D eigenvalue weighted by Crippen LogP contribution is -2.63. The highest BCUT2D eigenvalue weighted by Crippen LogP contribution is 2.53. The first-order valence-electron chi connectivity index (χ1n) is 12.5. The highest BCUT2D eigenvalue weighted by Gasteiger charge is 2.63. The van der Waals surface area contributed by atoms with Crippen molar-refractivity contribution in [2.75, 3.05) is 33.1 Å². The molecule has 3 aliphatic carbocycles. The number of benzene rings is 1. The summed E-state index contributed by atoms with van der Waals surface area (Å²) in [7, 11) is 6.80. The molecule has 1 aromatic carbocycles. The van der Waals surface area contributed by atoms with E-state index in [0.717, 1.165) is 6.42 Å². The third kappa shape index (κ3) is 3.77. The number of rotatable bonds is 4. The summed E-state index contributed by atoms with van der Waals surface area (Å²) >= 11 is 0. The molecule has 0 radical (unpaired) electrons. The van der Waals surface area contributed by atoms with Gasteiger partial charge in [-0.1, -0.05) is 18.8 Å². The number of fused-ring (bicyclic) bond motifs is 3. The van der Waals surface area contributed by atoms with E-state index in [4.69, 9.17) is 5.73 Å². The number of anilines is 1. The van der Waals surface area contributed by atoms with Gasteiger partial charge < -0.3 is 31.1 Å². The maximum absolute atomic E-state index is 13.9. The number of amides is 1. The van der Waals surface area contributed by atoms with Crippen LogP contribution in [0.15, 0.2) is 28.7 Å². The SMILES string of the molecule is CCCC#Cc1cc(N(C)C)c2c(c1O)C(=O)C1=C(O)[C@]3(O)C(=O)C(C(N)=O)=C(O)[C@@H](N(C)C)C3CC1C2. The Morgan fingerprint density at radius 2 is 1.84 bits per heavy atom. The van der Waals surface area contributed by atoms with E-state index in [1.165, 1.54) is 4.90 Å². The molecule has 0 aliphatic heterocycles. The van der Waals surface area contributed by atoms with Gasteiger partial charge in [0.05, 0.1) is 17.2 Å². The maximum Gasteiger partial charge on any atom is 0.255 e. The molecule has 0 aromatic heterocycles. The second kappa shape index (κ2) is 9.49. The van der Waals surface area contributed by atoms with E-state index in [1.54, 1.807) is 34.3 Å². The standard InChI is InChI=1S/C28H33N3O7/c1-6-7-8-9-13-12-17(30(2)3)15-10-14-11-16-21(31(4)5)24(34)20(27(29)37)26(36)28(16,38)25(35)18(14)23(33)19(15)22(13)32/h12,14,16,21,32,34-35,38H,6-7,10-11H2,1-5H3,(H2,29,37)/t14?,16?,21-,28-/m0/s1. The number of hydrogen-bond acceptors (Lipinski definition) is 9. The third-order valence-corrected chi connectivity index (χ3v) is 7.78. The Hall–Kier alpha value is -3.81. The lowest BCUT2D eigenvalue weighted by Gasteiger charge is -2.50. The van der Waals surface area contributed by atoms with Crippen LogP contribution >= 0.6 is 0 Å². The van der Waals surface area contributed by atoms with Gasteiger partial charge in [-0.25, -0.2) is 0 Å². The molecule has 1 aromatic rings. The molecule has 10 heteroatoms. The predicted molar refractivity (Wildman–Crippen MR) is 140 cm³/mol. The molecule has 6 N–H and O–H groups in total. The van der Waals surface area contributed by atoms with Gasteiger partial charge in [-0.15, -0.1) is 0 Å². The molecular formula is C28H33N3O7. The van der Waals surface area contributed by atoms with E-state index < -0.39 is 58.0 Å². The zero-order valence-corrected chi connectivity index (χ0v) is 22.1. The summed E-state index contributed by atoms with van der Waals surface area (Å²) in [4.78, 5) is 42.8. The van der Waals surface area contributed by atoms with Gasteiger partial charge in [0.1, 0.15) is 22.8 Å². The fraction of sp³-hybridized carbons (Fsp3) is 0.464. The number of nitrogens with zero attached hydrogens (tertiary/aromatic N) is 2. The van der Waals surface area contributed by atoms with Crippen molar-refractivity contribution in [3.8, 4) is 17.6 Å². The number of aliphatic hydroxyl groups excluding tert-OH is 2. The molecular weight excluding hydrogens is 490 g/mol. The van der Waals surface area contributed by atoms with Gasteiger partial charge in [0, 0.05) is 37.7 Å². The van der Waals surface area contributed by atoms with Crippen LogP contribution in [0.2, 0.25) is 0 Å². The van der Waals surface area contributed by atoms with Crippen LogP contribution < -0.4 is 10.6 Å². The van der Waals surface area contributed by atoms with Crippen LogP contribution in [0.3, 0.4) is 0 Å². The number of phenols is 1. The second-order valence-corrected chi connectivity index (χ2v) is 10.6. The second-order valence-electron chi connectivity index (χ2n) is 10.6. The smallest absolute Gasteiger partial charge is 0.255 e. The summed E-state index contributed by atoms with van der Waals surface area (Å²) in [5.41, 5.74) is 3.13. The molecule has 3 aliphatic rings. The van der Waals surface area contributed by atoms with E-state index in [9.17, 15) is 34.8 Å². The Kier molecular flexibility index (Phi) is 6.80. The number of carbonyl (C=O) groups is 3. The molecule has 2 unspecified atom stereocenters. The minimum atomic E-state index is -2.66. The number of likely N-dealkylation sites (N-methyl/N-ethyl adjacent to an activating group) is 1. The van der Waals surface area contributed by atoms with Crippen LogP contribution in [0.25, 0.3) is 0 Å². The van der Waals surface area contributed by atoms with Crippen molar-refractivity contribution in [3.05, 3.63) is 45.4 Å². The number of primary amides is 1. The Morgan fingerprint density at radius 1 is 1.18 bits per heavy atom. The molecule has 202 valence electrons. The molecule has 4 atom stereocenters. The summed E-state index contributed by atoms with van der Waals surface area (Å²) in [5.74, 6) is -0.865. The Balaban J connectivity index is 1.97. The molecule has 0 fully saturated rings. The molecule has 10 nitrogen and oxygen atoms in total. The number of ketones is 2. The van der Waals surface area contributed by atoms with Crippen molar-refractivity contribution >= 4 is 23.2 Å². The number of unbranched alkanes of at least 4 members (excludes halogenated alkanes) is 1. The number of aromatic hydroxyl groups is 1. The quantitative estimate of drug-likeness (QED) is 0.289. The summed E-state index contributed by atoms with van der Waals surface area (Å²) in [6, 6.07) is 0.691. The number of hydrogen-bond donors (Lipinski definition) is 5. The van der Waals surface area contributed by atoms with E-state index in [-0.39, 0.29) is 35.3 Å². The number of carbonyl (C=O) groups excluding carboxylic acids is 3. The fourth-order valence-corrected chi connectivity index (χ4v) is 6.08. The van der Waals surface area contributed by atoms with Crippen LogP contribution in [0.4, 0.5) is 5.69 Å². The lowest BCUT2D eigenvalue weighted by atomic mass is 9.58. The van der Waals surface area contributed by atoms with Crippen molar-refractivity contribution in [2.45, 2.75) is 44.2 Å². The highest BCUT2D eigenvalue weighted by atomic mass is 16.3. The van der Waals surface area contributed by atoms with Crippen molar-refractivity contribution in [1.82, 2.24) is 4.90 Å². The van der Waals surface area contributed by atoms with Crippen molar-refractivity contribution < 1.29 is 34.8 Å². The highest BCUT2D eigenvalue weighted by molar-refractivity contribution is 6.25. The lowest BCUT2D eigenvalue weighted by molar-refractivity contribution is -0.148. The van der Waals surface area contributed by atoms with Crippen LogP contribution in [0, 0.1) is 23.7 Å². The normalized spacial score (nSPS) is 26.4. The van der Waals surface area contributed by atoms with Crippen molar-refractivity contribution in [1.29, 1.82) is 0 Å². The first kappa shape index (κ1) is 27.2. The van der Waals surface area contributed by atoms with Gasteiger partial charge >= 0.3 is 0 Å². The summed E-state index contributed by atoms with van der Waals surface area (Å²) < 4.78 is 0. The van der Waals surface area contributed by atoms with E-state index in [0.29, 0.717) is 17.7 Å². The van der Waals surface area contributed by atoms with Crippen molar-refractivity contribution in [3.63, 3.8) is 0 Å². The Bertz CT molecular complexity index is 1380. The first-order valence-corrected chi connectivity index (χ1v) is 12.5. The molecule has 1 amide bonds. The number of Topliss-reactive ketones (excluding diaryl/α,β-unsaturated/α-hetero) is 2. The molecule has 0 saturated heterocycles. The predicted octanol–water partition coefficient (Wildman–Crippen LogP) is 1.34. The van der Waals surface area contributed by atoms with Crippen LogP contribution in [0.5, 0.6) is 5.75 Å². The van der Waals surface area contributed by atoms with Gasteiger partial charge in [-0.3, -0.25) is 19.3 Å². The number of phenolic OH excluding ortho intramolecular Hbond substituents is 1. The summed E-state index contributed by atoms with van der Waals surface area (Å²) in [6.45, 7) is 1.97. The first-order chi connectivity index (χ1) is 17.8. The number of nitrogens with two attached hydrogens (primary N) is 1. The Morgan fingerprint density at radius 3 is 2.39 bits per heavy atom.